The molecule has 0 fully saturated rings. The van der Waals surface area contributed by atoms with Gasteiger partial charge >= 0.3 is 0 Å². The van der Waals surface area contributed by atoms with Crippen LogP contribution in [0.3, 0.4) is 0 Å². The number of nitrogens with zero attached hydrogens (tertiary/aromatic N) is 5. The van der Waals surface area contributed by atoms with Crippen LogP contribution in [0.2, 0.25) is 0 Å². The molecule has 3 aromatic heterocycles. The molecule has 9 rings (SSSR count). The normalized spacial score (nSPS) is 12.6. The molecule has 0 unspecified atom stereocenters. The molecule has 0 N–H and O–H groups in total. The Morgan fingerprint density at radius 3 is 2.15 bits per heavy atom. The molecule has 0 radical (unpaired) electrons. The number of rotatable bonds is 6. The second-order valence-corrected chi connectivity index (χ2v) is 13.7. The summed E-state index contributed by atoms with van der Waals surface area (Å²) in [5.41, 5.74) is 8.32. The first-order valence-corrected chi connectivity index (χ1v) is 17.1. The van der Waals surface area contributed by atoms with Crippen molar-refractivity contribution in [3.05, 3.63) is 170 Å². The number of benzene rings is 5. The Balaban J connectivity index is 0.00000387. The fourth-order valence-electron chi connectivity index (χ4n) is 6.75. The summed E-state index contributed by atoms with van der Waals surface area (Å²) < 4.78 is 8.67. The third-order valence-electron chi connectivity index (χ3n) is 9.36. The van der Waals surface area contributed by atoms with E-state index in [1.54, 1.807) is 0 Å². The molecule has 258 valence electrons. The summed E-state index contributed by atoms with van der Waals surface area (Å²) in [7, 11) is 0. The summed E-state index contributed by atoms with van der Waals surface area (Å²) in [4.78, 5) is 13.9. The molecule has 0 atom stereocenters. The molecular weight excluding hydrogens is 822 g/mol. The van der Waals surface area contributed by atoms with Gasteiger partial charge in [0.1, 0.15) is 11.6 Å². The second kappa shape index (κ2) is 13.4. The number of hydrogen-bond acceptors (Lipinski definition) is 5. The predicted octanol–water partition coefficient (Wildman–Crippen LogP) is 11.3. The molecule has 52 heavy (non-hydrogen) atoms. The van der Waals surface area contributed by atoms with Crippen LogP contribution in [-0.2, 0) is 26.5 Å². The van der Waals surface area contributed by atoms with Crippen molar-refractivity contribution in [3.63, 3.8) is 0 Å². The van der Waals surface area contributed by atoms with Crippen molar-refractivity contribution in [1.29, 1.82) is 0 Å². The summed E-state index contributed by atoms with van der Waals surface area (Å²) >= 11 is 0. The van der Waals surface area contributed by atoms with E-state index in [2.05, 4.69) is 133 Å². The molecule has 7 heteroatoms. The second-order valence-electron chi connectivity index (χ2n) is 13.7. The quantitative estimate of drug-likeness (QED) is 0.156. The zero-order valence-electron chi connectivity index (χ0n) is 28.9. The van der Waals surface area contributed by atoms with Crippen molar-refractivity contribution in [1.82, 2.24) is 14.5 Å². The maximum atomic E-state index is 6.49. The van der Waals surface area contributed by atoms with Crippen molar-refractivity contribution in [3.8, 4) is 28.4 Å². The van der Waals surface area contributed by atoms with Gasteiger partial charge < -0.3 is 19.1 Å². The summed E-state index contributed by atoms with van der Waals surface area (Å²) in [5.74, 6) is 2.88. The summed E-state index contributed by atoms with van der Waals surface area (Å²) in [6.07, 6.45) is 3.82. The molecule has 1 aliphatic rings. The van der Waals surface area contributed by atoms with Crippen molar-refractivity contribution in [2.75, 3.05) is 9.80 Å². The van der Waals surface area contributed by atoms with E-state index in [4.69, 9.17) is 14.7 Å². The number of ether oxygens (including phenoxy) is 1. The predicted molar refractivity (Wildman–Crippen MR) is 206 cm³/mol. The third-order valence-corrected chi connectivity index (χ3v) is 9.36. The monoisotopic (exact) mass is 855 g/mol. The van der Waals surface area contributed by atoms with Gasteiger partial charge in [-0.1, -0.05) is 87.0 Å². The van der Waals surface area contributed by atoms with Crippen molar-refractivity contribution in [2.24, 2.45) is 0 Å². The van der Waals surface area contributed by atoms with Gasteiger partial charge in [-0.2, -0.15) is 12.1 Å². The van der Waals surface area contributed by atoms with Crippen LogP contribution < -0.4 is 14.5 Å². The van der Waals surface area contributed by atoms with E-state index in [-0.39, 0.29) is 26.5 Å². The van der Waals surface area contributed by atoms with Gasteiger partial charge in [-0.25, -0.2) is 9.97 Å². The van der Waals surface area contributed by atoms with Crippen molar-refractivity contribution in [2.45, 2.75) is 26.2 Å². The van der Waals surface area contributed by atoms with Crippen molar-refractivity contribution >= 4 is 44.7 Å². The van der Waals surface area contributed by atoms with E-state index < -0.39 is 0 Å². The first-order chi connectivity index (χ1) is 24.9. The molecule has 0 bridgehead atoms. The average molecular weight is 856 g/mol. The Hall–Kier alpha value is -5.71. The van der Waals surface area contributed by atoms with Gasteiger partial charge in [-0.3, -0.25) is 0 Å². The van der Waals surface area contributed by atoms with Gasteiger partial charge in [0.15, 0.2) is 0 Å². The van der Waals surface area contributed by atoms with Crippen LogP contribution in [-0.4, -0.2) is 14.5 Å². The van der Waals surface area contributed by atoms with Gasteiger partial charge in [0.2, 0.25) is 0 Å². The van der Waals surface area contributed by atoms with E-state index in [9.17, 15) is 0 Å². The number of pyridine rings is 2. The number of para-hydroxylation sites is 3. The van der Waals surface area contributed by atoms with Gasteiger partial charge in [0.05, 0.1) is 0 Å². The molecule has 0 saturated carbocycles. The molecule has 8 aromatic rings. The molecule has 5 aromatic carbocycles. The average Bonchev–Trinajstić information content (AvgIpc) is 3.71. The smallest absolute Gasteiger partial charge is 0.135 e. The standard InChI is InChI=1S/C45H34N5O.Pt/c1-45(2,3)33-24-25-46-44(26-33)50-39-17-8-7-16-37(39)38-22-21-36(28-42(38)50)51-35-15-11-14-34(27-35)48-30-49(41-19-10-9-18-40(41)48)43-23-20-32(29-47-43)31-12-5-4-6-13-31;/h4-26,29-30H,1-3H3;/q-3;. The Morgan fingerprint density at radius 1 is 0.615 bits per heavy atom. The molecule has 6 nitrogen and oxygen atoms in total. The van der Waals surface area contributed by atoms with E-state index in [0.29, 0.717) is 11.5 Å². The Labute approximate surface area is 318 Å². The van der Waals surface area contributed by atoms with Crippen LogP contribution in [0, 0.1) is 18.8 Å². The Bertz CT molecular complexity index is 2540. The molecule has 4 heterocycles. The van der Waals surface area contributed by atoms with E-state index in [1.807, 2.05) is 67.0 Å². The topological polar surface area (TPSA) is 46.4 Å². The SMILES string of the molecule is CC(C)(C)c1ccnc(-n2c3[c-]c(Oc4[c-]c(N5[CH-]N(c6ccc(-c7ccccc7)cn6)c6ccccc65)ccc4)ccc3c3ccccc32)c1.[Pt]. The van der Waals surface area contributed by atoms with Crippen LogP contribution in [0.15, 0.2) is 146 Å². The zero-order chi connectivity index (χ0) is 34.5. The molecule has 1 aliphatic heterocycles. The first-order valence-electron chi connectivity index (χ1n) is 17.1. The van der Waals surface area contributed by atoms with Gasteiger partial charge in [-0.15, -0.1) is 48.1 Å². The molecular formula is C45H34N5OPt-3. The summed E-state index contributed by atoms with van der Waals surface area (Å²) in [5, 5.41) is 2.23. The maximum Gasteiger partial charge on any atom is 0.135 e. The fourth-order valence-corrected chi connectivity index (χ4v) is 6.75. The Kier molecular flexibility index (Phi) is 8.64. The zero-order valence-corrected chi connectivity index (χ0v) is 31.2. The number of anilines is 4. The first kappa shape index (κ1) is 33.4. The molecule has 0 aliphatic carbocycles. The number of hydrogen-bond donors (Lipinski definition) is 0. The maximum absolute atomic E-state index is 6.49. The van der Waals surface area contributed by atoms with E-state index >= 15 is 0 Å². The van der Waals surface area contributed by atoms with E-state index in [0.717, 1.165) is 61.6 Å². The number of aromatic nitrogens is 3. The Morgan fingerprint density at radius 2 is 1.37 bits per heavy atom. The minimum absolute atomic E-state index is 0. The third kappa shape index (κ3) is 6.03. The van der Waals surface area contributed by atoms with Crippen LogP contribution in [0.1, 0.15) is 26.3 Å². The fraction of sp³-hybridized carbons (Fsp3) is 0.0889. The molecule has 0 spiro atoms. The summed E-state index contributed by atoms with van der Waals surface area (Å²) in [6.45, 7) is 8.71. The largest absolute Gasteiger partial charge is 0.509 e. The van der Waals surface area contributed by atoms with Gasteiger partial charge in [0.25, 0.3) is 0 Å². The molecule has 0 amide bonds. The van der Waals surface area contributed by atoms with Crippen LogP contribution in [0.4, 0.5) is 22.9 Å². The minimum Gasteiger partial charge on any atom is -0.509 e. The van der Waals surface area contributed by atoms with Crippen molar-refractivity contribution < 1.29 is 25.8 Å². The summed E-state index contributed by atoms with van der Waals surface area (Å²) in [6, 6.07) is 52.6. The van der Waals surface area contributed by atoms with E-state index in [1.165, 1.54) is 5.56 Å². The van der Waals surface area contributed by atoms with Gasteiger partial charge in [-0.05, 0) is 64.4 Å². The van der Waals surface area contributed by atoms with Crippen LogP contribution in [0.25, 0.3) is 38.8 Å². The van der Waals surface area contributed by atoms with Gasteiger partial charge in [0, 0.05) is 67.4 Å². The van der Waals surface area contributed by atoms with Crippen LogP contribution >= 0.6 is 0 Å². The number of fused-ring (bicyclic) bond motifs is 4. The van der Waals surface area contributed by atoms with Crippen LogP contribution in [0.5, 0.6) is 11.5 Å². The minimum atomic E-state index is -0.0108. The molecule has 0 saturated heterocycles.